The van der Waals surface area contributed by atoms with Crippen molar-refractivity contribution in [3.8, 4) is 0 Å². The number of hydrogen-bond acceptors (Lipinski definition) is 2. The highest BCUT2D eigenvalue weighted by Gasteiger charge is 2.40. The first-order valence-corrected chi connectivity index (χ1v) is 6.50. The minimum Gasteiger partial charge on any atom is -0.461 e. The van der Waals surface area contributed by atoms with Gasteiger partial charge in [0.05, 0.1) is 5.92 Å². The summed E-state index contributed by atoms with van der Waals surface area (Å²) < 4.78 is 5.17. The molecule has 1 aliphatic heterocycles. The second-order valence-corrected chi connectivity index (χ2v) is 4.57. The standard InChI is InChI=1S/C13H24O2/c1-3-5-7-8-9-11-12(10-6-4-2)15-13(11)14/h11-12H,3-10H2,1-2H3/t11-,12-/m0/s1. The molecule has 0 saturated carbocycles. The number of cyclic esters (lactones) is 1. The van der Waals surface area contributed by atoms with Crippen molar-refractivity contribution in [3.63, 3.8) is 0 Å². The minimum absolute atomic E-state index is 0.0487. The van der Waals surface area contributed by atoms with Crippen molar-refractivity contribution >= 4 is 5.97 Å². The van der Waals surface area contributed by atoms with Gasteiger partial charge in [-0.05, 0) is 12.8 Å². The number of unbranched alkanes of at least 4 members (excludes halogenated alkanes) is 4. The lowest BCUT2D eigenvalue weighted by Gasteiger charge is -2.35. The van der Waals surface area contributed by atoms with Crippen molar-refractivity contribution < 1.29 is 9.53 Å². The highest BCUT2D eigenvalue weighted by Crippen LogP contribution is 2.31. The Hall–Kier alpha value is -0.530. The summed E-state index contributed by atoms with van der Waals surface area (Å²) in [6.45, 7) is 4.39. The lowest BCUT2D eigenvalue weighted by Crippen LogP contribution is -2.44. The summed E-state index contributed by atoms with van der Waals surface area (Å²) in [6, 6.07) is 0. The van der Waals surface area contributed by atoms with E-state index in [9.17, 15) is 4.79 Å². The third-order valence-corrected chi connectivity index (χ3v) is 3.23. The molecule has 0 aromatic carbocycles. The molecule has 0 aliphatic carbocycles. The first-order chi connectivity index (χ1) is 7.29. The van der Waals surface area contributed by atoms with Gasteiger partial charge in [-0.3, -0.25) is 4.79 Å². The molecule has 1 aliphatic rings. The molecule has 0 bridgehead atoms. The molecule has 0 aromatic heterocycles. The van der Waals surface area contributed by atoms with Gasteiger partial charge in [0.2, 0.25) is 0 Å². The van der Waals surface area contributed by atoms with Gasteiger partial charge < -0.3 is 4.74 Å². The van der Waals surface area contributed by atoms with E-state index in [1.165, 1.54) is 38.5 Å². The molecule has 1 rings (SSSR count). The Morgan fingerprint density at radius 1 is 1.00 bits per heavy atom. The monoisotopic (exact) mass is 212 g/mol. The Bertz CT molecular complexity index is 189. The third kappa shape index (κ3) is 3.84. The minimum atomic E-state index is 0.0487. The molecule has 1 saturated heterocycles. The zero-order chi connectivity index (χ0) is 11.1. The average Bonchev–Trinajstić information content (AvgIpc) is 2.23. The van der Waals surface area contributed by atoms with E-state index < -0.39 is 0 Å². The molecule has 0 amide bonds. The van der Waals surface area contributed by atoms with Crippen LogP contribution in [0, 0.1) is 5.92 Å². The number of rotatable bonds is 8. The Morgan fingerprint density at radius 2 is 1.73 bits per heavy atom. The van der Waals surface area contributed by atoms with Crippen LogP contribution in [0.1, 0.15) is 65.2 Å². The van der Waals surface area contributed by atoms with Gasteiger partial charge >= 0.3 is 5.97 Å². The van der Waals surface area contributed by atoms with E-state index in [1.54, 1.807) is 0 Å². The SMILES string of the molecule is CCCCCC[C@@H]1C(=O)O[C@H]1CCCC. The van der Waals surface area contributed by atoms with Crippen molar-refractivity contribution in [2.75, 3.05) is 0 Å². The van der Waals surface area contributed by atoms with Crippen molar-refractivity contribution in [1.29, 1.82) is 0 Å². The number of ether oxygens (including phenoxy) is 1. The van der Waals surface area contributed by atoms with Gasteiger partial charge in [0, 0.05) is 0 Å². The molecule has 1 fully saturated rings. The van der Waals surface area contributed by atoms with Crippen molar-refractivity contribution in [3.05, 3.63) is 0 Å². The van der Waals surface area contributed by atoms with Gasteiger partial charge in [-0.15, -0.1) is 0 Å². The van der Waals surface area contributed by atoms with Crippen molar-refractivity contribution in [1.82, 2.24) is 0 Å². The molecular weight excluding hydrogens is 188 g/mol. The van der Waals surface area contributed by atoms with E-state index in [-0.39, 0.29) is 18.0 Å². The van der Waals surface area contributed by atoms with Crippen LogP contribution in [0.3, 0.4) is 0 Å². The molecule has 88 valence electrons. The van der Waals surface area contributed by atoms with E-state index in [4.69, 9.17) is 4.74 Å². The molecule has 0 N–H and O–H groups in total. The molecule has 2 atom stereocenters. The average molecular weight is 212 g/mol. The zero-order valence-corrected chi connectivity index (χ0v) is 10.1. The van der Waals surface area contributed by atoms with Crippen LogP contribution >= 0.6 is 0 Å². The smallest absolute Gasteiger partial charge is 0.313 e. The van der Waals surface area contributed by atoms with Crippen LogP contribution in [0.15, 0.2) is 0 Å². The molecule has 1 heterocycles. The number of hydrogen-bond donors (Lipinski definition) is 0. The van der Waals surface area contributed by atoms with Crippen LogP contribution in [0.2, 0.25) is 0 Å². The Kier molecular flexibility index (Phi) is 5.74. The molecule has 0 spiro atoms. The van der Waals surface area contributed by atoms with Gasteiger partial charge in [0.25, 0.3) is 0 Å². The molecular formula is C13H24O2. The number of carbonyl (C=O) groups is 1. The Morgan fingerprint density at radius 3 is 2.33 bits per heavy atom. The van der Waals surface area contributed by atoms with Crippen LogP contribution in [0.4, 0.5) is 0 Å². The molecule has 2 nitrogen and oxygen atoms in total. The largest absolute Gasteiger partial charge is 0.461 e. The summed E-state index contributed by atoms with van der Waals surface area (Å²) >= 11 is 0. The van der Waals surface area contributed by atoms with Gasteiger partial charge in [0.15, 0.2) is 0 Å². The van der Waals surface area contributed by atoms with Crippen LogP contribution in [-0.2, 0) is 9.53 Å². The topological polar surface area (TPSA) is 26.3 Å². The highest BCUT2D eigenvalue weighted by molar-refractivity contribution is 5.78. The highest BCUT2D eigenvalue weighted by atomic mass is 16.6. The Labute approximate surface area is 93.4 Å². The quantitative estimate of drug-likeness (QED) is 0.453. The predicted molar refractivity (Wildman–Crippen MR) is 61.7 cm³/mol. The molecule has 15 heavy (non-hydrogen) atoms. The van der Waals surface area contributed by atoms with Crippen LogP contribution in [-0.4, -0.2) is 12.1 Å². The molecule has 0 aromatic rings. The van der Waals surface area contributed by atoms with E-state index >= 15 is 0 Å². The Balaban J connectivity index is 2.11. The van der Waals surface area contributed by atoms with Gasteiger partial charge in [-0.1, -0.05) is 52.4 Å². The second kappa shape index (κ2) is 6.86. The normalized spacial score (nSPS) is 24.8. The number of esters is 1. The lowest BCUT2D eigenvalue weighted by atomic mass is 9.88. The van der Waals surface area contributed by atoms with E-state index in [0.717, 1.165) is 12.8 Å². The summed E-state index contributed by atoms with van der Waals surface area (Å²) in [5.74, 6) is 0.279. The summed E-state index contributed by atoms with van der Waals surface area (Å²) in [7, 11) is 0. The summed E-state index contributed by atoms with van der Waals surface area (Å²) in [5.41, 5.74) is 0. The van der Waals surface area contributed by atoms with Crippen molar-refractivity contribution in [2.45, 2.75) is 71.3 Å². The fraction of sp³-hybridized carbons (Fsp3) is 0.923. The first kappa shape index (κ1) is 12.5. The third-order valence-electron chi connectivity index (χ3n) is 3.23. The second-order valence-electron chi connectivity index (χ2n) is 4.57. The van der Waals surface area contributed by atoms with Crippen molar-refractivity contribution in [2.24, 2.45) is 5.92 Å². The molecule has 0 radical (unpaired) electrons. The van der Waals surface area contributed by atoms with Crippen LogP contribution in [0.5, 0.6) is 0 Å². The van der Waals surface area contributed by atoms with Gasteiger partial charge in [0.1, 0.15) is 6.10 Å². The maximum atomic E-state index is 11.2. The van der Waals surface area contributed by atoms with E-state index in [2.05, 4.69) is 13.8 Å². The molecule has 0 unspecified atom stereocenters. The first-order valence-electron chi connectivity index (χ1n) is 6.50. The zero-order valence-electron chi connectivity index (χ0n) is 10.1. The number of carbonyl (C=O) groups excluding carboxylic acids is 1. The lowest BCUT2D eigenvalue weighted by molar-refractivity contribution is -0.186. The fourth-order valence-corrected chi connectivity index (χ4v) is 2.16. The van der Waals surface area contributed by atoms with E-state index in [1.807, 2.05) is 0 Å². The maximum absolute atomic E-state index is 11.2. The summed E-state index contributed by atoms with van der Waals surface area (Å²) in [6.07, 6.45) is 9.75. The maximum Gasteiger partial charge on any atom is 0.313 e. The van der Waals surface area contributed by atoms with Crippen LogP contribution in [0.25, 0.3) is 0 Å². The fourth-order valence-electron chi connectivity index (χ4n) is 2.16. The van der Waals surface area contributed by atoms with Gasteiger partial charge in [-0.2, -0.15) is 0 Å². The summed E-state index contributed by atoms with van der Waals surface area (Å²) in [5, 5.41) is 0. The molecule has 2 heteroatoms. The predicted octanol–water partition coefficient (Wildman–Crippen LogP) is 3.69. The van der Waals surface area contributed by atoms with E-state index in [0.29, 0.717) is 0 Å². The van der Waals surface area contributed by atoms with Crippen LogP contribution < -0.4 is 0 Å². The van der Waals surface area contributed by atoms with Gasteiger partial charge in [-0.25, -0.2) is 0 Å². The summed E-state index contributed by atoms with van der Waals surface area (Å²) in [4.78, 5) is 11.2.